The van der Waals surface area contributed by atoms with Gasteiger partial charge in [0, 0.05) is 5.56 Å². The van der Waals surface area contributed by atoms with Gasteiger partial charge in [0.05, 0.1) is 0 Å². The number of carbonyl (C=O) groups is 1. The molecule has 0 saturated carbocycles. The van der Waals surface area contributed by atoms with E-state index in [0.717, 1.165) is 11.8 Å². The minimum atomic E-state index is 0.729. The van der Waals surface area contributed by atoms with Crippen LogP contribution in [0.4, 0.5) is 0 Å². The lowest BCUT2D eigenvalue weighted by atomic mass is 10.2. The number of thioether (sulfide) groups is 1. The summed E-state index contributed by atoms with van der Waals surface area (Å²) in [5.41, 5.74) is 0.729. The summed E-state index contributed by atoms with van der Waals surface area (Å²) < 4.78 is 0. The van der Waals surface area contributed by atoms with Crippen LogP contribution in [0.15, 0.2) is 30.3 Å². The topological polar surface area (TPSA) is 17.1 Å². The minimum Gasteiger partial charge on any atom is -0.298 e. The molecule has 0 aliphatic carbocycles. The van der Waals surface area contributed by atoms with Gasteiger partial charge in [-0.3, -0.25) is 4.79 Å². The van der Waals surface area contributed by atoms with Crippen molar-refractivity contribution >= 4 is 18.0 Å². The number of aldehydes is 1. The molecular formula is C9H12OS. The van der Waals surface area contributed by atoms with Crippen LogP contribution in [-0.4, -0.2) is 18.8 Å². The standard InChI is InChI=1S/C7H6O.C2H6S/c8-6-7-4-2-1-3-5-7;1-3-2/h1-6H;1-2H3. The van der Waals surface area contributed by atoms with Gasteiger partial charge >= 0.3 is 0 Å². The Kier molecular flexibility index (Phi) is 6.84. The van der Waals surface area contributed by atoms with Crippen LogP contribution in [0.2, 0.25) is 0 Å². The first-order valence-corrected chi connectivity index (χ1v) is 4.88. The van der Waals surface area contributed by atoms with E-state index in [1.54, 1.807) is 23.9 Å². The van der Waals surface area contributed by atoms with Crippen molar-refractivity contribution in [1.29, 1.82) is 0 Å². The first-order valence-electron chi connectivity index (χ1n) is 3.25. The third-order valence-electron chi connectivity index (χ3n) is 0.936. The number of benzene rings is 1. The Morgan fingerprint density at radius 2 is 1.64 bits per heavy atom. The fourth-order valence-electron chi connectivity index (χ4n) is 0.532. The minimum absolute atomic E-state index is 0.729. The number of hydrogen-bond donors (Lipinski definition) is 0. The van der Waals surface area contributed by atoms with Crippen molar-refractivity contribution in [3.05, 3.63) is 35.9 Å². The Labute approximate surface area is 71.8 Å². The van der Waals surface area contributed by atoms with Gasteiger partial charge in [0.15, 0.2) is 0 Å². The zero-order chi connectivity index (χ0) is 8.53. The van der Waals surface area contributed by atoms with Gasteiger partial charge in [-0.05, 0) is 12.5 Å². The van der Waals surface area contributed by atoms with Gasteiger partial charge in [-0.25, -0.2) is 0 Å². The van der Waals surface area contributed by atoms with Gasteiger partial charge in [-0.15, -0.1) is 0 Å². The van der Waals surface area contributed by atoms with Gasteiger partial charge in [0.1, 0.15) is 6.29 Å². The second-order valence-electron chi connectivity index (χ2n) is 1.94. The summed E-state index contributed by atoms with van der Waals surface area (Å²) in [5.74, 6) is 0. The Hall–Kier alpha value is -0.760. The maximum Gasteiger partial charge on any atom is 0.150 e. The van der Waals surface area contributed by atoms with Crippen molar-refractivity contribution in [2.75, 3.05) is 12.5 Å². The summed E-state index contributed by atoms with van der Waals surface area (Å²) in [5, 5.41) is 0. The first-order chi connectivity index (χ1) is 5.35. The molecule has 1 aromatic rings. The molecule has 0 bridgehead atoms. The maximum atomic E-state index is 10.0. The highest BCUT2D eigenvalue weighted by Crippen LogP contribution is 1.91. The maximum absolute atomic E-state index is 10.0. The van der Waals surface area contributed by atoms with Crippen molar-refractivity contribution in [3.8, 4) is 0 Å². The van der Waals surface area contributed by atoms with Crippen molar-refractivity contribution in [2.45, 2.75) is 0 Å². The number of hydrogen-bond acceptors (Lipinski definition) is 2. The van der Waals surface area contributed by atoms with E-state index in [1.807, 2.05) is 30.7 Å². The Balaban J connectivity index is 0.000000292. The fraction of sp³-hybridized carbons (Fsp3) is 0.222. The molecule has 11 heavy (non-hydrogen) atoms. The molecule has 0 saturated heterocycles. The molecular weight excluding hydrogens is 156 g/mol. The third kappa shape index (κ3) is 5.67. The predicted octanol–water partition coefficient (Wildman–Crippen LogP) is 2.48. The van der Waals surface area contributed by atoms with E-state index < -0.39 is 0 Å². The second kappa shape index (κ2) is 7.35. The largest absolute Gasteiger partial charge is 0.298 e. The summed E-state index contributed by atoms with van der Waals surface area (Å²) in [7, 11) is 0. The highest BCUT2D eigenvalue weighted by Gasteiger charge is 1.79. The van der Waals surface area contributed by atoms with E-state index in [-0.39, 0.29) is 0 Å². The van der Waals surface area contributed by atoms with E-state index in [4.69, 9.17) is 0 Å². The summed E-state index contributed by atoms with van der Waals surface area (Å²) in [6.45, 7) is 0. The van der Waals surface area contributed by atoms with E-state index in [2.05, 4.69) is 0 Å². The van der Waals surface area contributed by atoms with Crippen LogP contribution in [-0.2, 0) is 0 Å². The summed E-state index contributed by atoms with van der Waals surface area (Å²) in [4.78, 5) is 10.0. The van der Waals surface area contributed by atoms with Crippen LogP contribution in [0, 0.1) is 0 Å². The monoisotopic (exact) mass is 168 g/mol. The van der Waals surface area contributed by atoms with Gasteiger partial charge < -0.3 is 0 Å². The molecule has 0 amide bonds. The average molecular weight is 168 g/mol. The fourth-order valence-corrected chi connectivity index (χ4v) is 0.532. The van der Waals surface area contributed by atoms with Crippen molar-refractivity contribution in [1.82, 2.24) is 0 Å². The molecule has 0 atom stereocenters. The molecule has 0 heterocycles. The van der Waals surface area contributed by atoms with Crippen LogP contribution in [0.5, 0.6) is 0 Å². The highest BCUT2D eigenvalue weighted by molar-refractivity contribution is 7.97. The number of carbonyl (C=O) groups excluding carboxylic acids is 1. The predicted molar refractivity (Wildman–Crippen MR) is 51.3 cm³/mol. The van der Waals surface area contributed by atoms with Gasteiger partial charge in [0.25, 0.3) is 0 Å². The Morgan fingerprint density at radius 3 is 1.91 bits per heavy atom. The van der Waals surface area contributed by atoms with Gasteiger partial charge in [-0.2, -0.15) is 11.8 Å². The zero-order valence-electron chi connectivity index (χ0n) is 6.78. The molecule has 0 aromatic heterocycles. The zero-order valence-corrected chi connectivity index (χ0v) is 7.60. The first kappa shape index (κ1) is 10.2. The molecule has 0 N–H and O–H groups in total. The van der Waals surface area contributed by atoms with Crippen LogP contribution in [0.25, 0.3) is 0 Å². The third-order valence-corrected chi connectivity index (χ3v) is 0.936. The van der Waals surface area contributed by atoms with Gasteiger partial charge in [0.2, 0.25) is 0 Å². The molecule has 60 valence electrons. The highest BCUT2D eigenvalue weighted by atomic mass is 32.2. The van der Waals surface area contributed by atoms with Crippen LogP contribution < -0.4 is 0 Å². The number of rotatable bonds is 1. The molecule has 0 aliphatic heterocycles. The lowest BCUT2D eigenvalue weighted by molar-refractivity contribution is 0.112. The average Bonchev–Trinajstić information content (AvgIpc) is 2.08. The molecule has 0 radical (unpaired) electrons. The lowest BCUT2D eigenvalue weighted by Gasteiger charge is -1.81. The smallest absolute Gasteiger partial charge is 0.150 e. The van der Waals surface area contributed by atoms with E-state index in [9.17, 15) is 4.79 Å². The quantitative estimate of drug-likeness (QED) is 0.599. The SMILES string of the molecule is CSC.O=Cc1ccccc1. The molecule has 1 aromatic carbocycles. The van der Waals surface area contributed by atoms with Crippen LogP contribution in [0.1, 0.15) is 10.4 Å². The second-order valence-corrected chi connectivity index (χ2v) is 2.75. The lowest BCUT2D eigenvalue weighted by Crippen LogP contribution is -1.73. The normalized spacial score (nSPS) is 7.82. The molecule has 2 heteroatoms. The van der Waals surface area contributed by atoms with Crippen LogP contribution >= 0.6 is 11.8 Å². The van der Waals surface area contributed by atoms with Crippen molar-refractivity contribution in [3.63, 3.8) is 0 Å². The van der Waals surface area contributed by atoms with Crippen molar-refractivity contribution < 1.29 is 4.79 Å². The van der Waals surface area contributed by atoms with E-state index >= 15 is 0 Å². The molecule has 0 fully saturated rings. The molecule has 0 unspecified atom stereocenters. The van der Waals surface area contributed by atoms with Gasteiger partial charge in [-0.1, -0.05) is 30.3 Å². The Morgan fingerprint density at radius 1 is 1.18 bits per heavy atom. The summed E-state index contributed by atoms with van der Waals surface area (Å²) in [6.07, 6.45) is 4.92. The summed E-state index contributed by atoms with van der Waals surface area (Å²) >= 11 is 1.75. The molecule has 0 aliphatic rings. The molecule has 1 nitrogen and oxygen atoms in total. The van der Waals surface area contributed by atoms with E-state index in [1.165, 1.54) is 0 Å². The summed E-state index contributed by atoms with van der Waals surface area (Å²) in [6, 6.07) is 9.10. The van der Waals surface area contributed by atoms with Crippen molar-refractivity contribution in [2.24, 2.45) is 0 Å². The Bertz CT molecular complexity index is 184. The van der Waals surface area contributed by atoms with E-state index in [0.29, 0.717) is 0 Å². The van der Waals surface area contributed by atoms with Crippen LogP contribution in [0.3, 0.4) is 0 Å². The molecule has 1 rings (SSSR count). The molecule has 0 spiro atoms.